The van der Waals surface area contributed by atoms with Gasteiger partial charge in [0, 0.05) is 6.42 Å². The van der Waals surface area contributed by atoms with Crippen LogP contribution in [0.4, 0.5) is 0 Å². The van der Waals surface area contributed by atoms with Crippen LogP contribution in [0.15, 0.2) is 28.7 Å². The molecule has 3 nitrogen and oxygen atoms in total. The van der Waals surface area contributed by atoms with Crippen molar-refractivity contribution in [2.75, 3.05) is 7.11 Å². The third kappa shape index (κ3) is 2.57. The van der Waals surface area contributed by atoms with Gasteiger partial charge in [0.2, 0.25) is 0 Å². The lowest BCUT2D eigenvalue weighted by Crippen LogP contribution is -1.93. The molecule has 0 saturated heterocycles. The van der Waals surface area contributed by atoms with Crippen LogP contribution in [-0.4, -0.2) is 13.4 Å². The van der Waals surface area contributed by atoms with Crippen molar-refractivity contribution < 1.29 is 13.9 Å². The third-order valence-corrected chi connectivity index (χ3v) is 3.07. The van der Waals surface area contributed by atoms with Gasteiger partial charge in [-0.25, -0.2) is 0 Å². The fourth-order valence-corrected chi connectivity index (χ4v) is 2.05. The summed E-state index contributed by atoms with van der Waals surface area (Å²) in [5.41, 5.74) is 2.12. The van der Waals surface area contributed by atoms with Crippen LogP contribution in [-0.2, 0) is 6.42 Å². The Morgan fingerprint density at radius 3 is 2.78 bits per heavy atom. The molecule has 0 amide bonds. The van der Waals surface area contributed by atoms with Gasteiger partial charge in [-0.15, -0.1) is 0 Å². The summed E-state index contributed by atoms with van der Waals surface area (Å²) < 4.78 is 10.5. The average Bonchev–Trinajstić information content (AvgIpc) is 2.81. The number of hydrogen-bond donors (Lipinski definition) is 0. The van der Waals surface area contributed by atoms with Gasteiger partial charge in [-0.2, -0.15) is 0 Å². The Bertz CT molecular complexity index is 572. The van der Waals surface area contributed by atoms with E-state index in [0.717, 1.165) is 16.9 Å². The van der Waals surface area contributed by atoms with Crippen LogP contribution in [0.1, 0.15) is 27.4 Å². The Balaban J connectivity index is 2.28. The Labute approximate surface area is 110 Å². The number of ether oxygens (including phenoxy) is 1. The second kappa shape index (κ2) is 5.27. The van der Waals surface area contributed by atoms with Crippen molar-refractivity contribution in [3.05, 3.63) is 51.9 Å². The van der Waals surface area contributed by atoms with Crippen LogP contribution in [0, 0.1) is 6.92 Å². The summed E-state index contributed by atoms with van der Waals surface area (Å²) in [6.07, 6.45) is 1.29. The van der Waals surface area contributed by atoms with Gasteiger partial charge in [0.15, 0.2) is 12.0 Å². The molecule has 0 N–H and O–H groups in total. The van der Waals surface area contributed by atoms with E-state index in [-0.39, 0.29) is 0 Å². The van der Waals surface area contributed by atoms with E-state index in [1.807, 2.05) is 19.1 Å². The van der Waals surface area contributed by atoms with Crippen LogP contribution in [0.2, 0.25) is 5.02 Å². The first-order valence-corrected chi connectivity index (χ1v) is 5.88. The number of furan rings is 1. The number of benzene rings is 1. The minimum absolute atomic E-state index is 0.335. The average molecular weight is 265 g/mol. The van der Waals surface area contributed by atoms with Crippen molar-refractivity contribution in [3.63, 3.8) is 0 Å². The highest BCUT2D eigenvalue weighted by Gasteiger charge is 2.09. The highest BCUT2D eigenvalue weighted by atomic mass is 35.5. The van der Waals surface area contributed by atoms with Crippen LogP contribution in [0.3, 0.4) is 0 Å². The van der Waals surface area contributed by atoms with Crippen molar-refractivity contribution in [3.8, 4) is 5.75 Å². The van der Waals surface area contributed by atoms with Gasteiger partial charge >= 0.3 is 0 Å². The predicted octanol–water partition coefficient (Wildman–Crippen LogP) is 3.65. The molecule has 0 atom stereocenters. The molecule has 0 unspecified atom stereocenters. The zero-order valence-electron chi connectivity index (χ0n) is 10.2. The van der Waals surface area contributed by atoms with E-state index < -0.39 is 0 Å². The normalized spacial score (nSPS) is 10.4. The van der Waals surface area contributed by atoms with E-state index in [9.17, 15) is 4.79 Å². The minimum Gasteiger partial charge on any atom is -0.495 e. The Hall–Kier alpha value is -1.74. The van der Waals surface area contributed by atoms with Crippen LogP contribution >= 0.6 is 11.6 Å². The summed E-state index contributed by atoms with van der Waals surface area (Å²) >= 11 is 6.09. The highest BCUT2D eigenvalue weighted by Crippen LogP contribution is 2.29. The molecule has 4 heteroatoms. The maximum Gasteiger partial charge on any atom is 0.185 e. The Morgan fingerprint density at radius 2 is 2.17 bits per heavy atom. The van der Waals surface area contributed by atoms with Gasteiger partial charge in [0.25, 0.3) is 0 Å². The molecule has 0 bridgehead atoms. The lowest BCUT2D eigenvalue weighted by Gasteiger charge is -2.09. The van der Waals surface area contributed by atoms with Crippen molar-refractivity contribution >= 4 is 17.9 Å². The molecule has 0 fully saturated rings. The van der Waals surface area contributed by atoms with Gasteiger partial charge in [0.1, 0.15) is 11.5 Å². The van der Waals surface area contributed by atoms with Crippen LogP contribution in [0.5, 0.6) is 5.75 Å². The molecule has 2 rings (SSSR count). The fraction of sp³-hybridized carbons (Fsp3) is 0.214. The van der Waals surface area contributed by atoms with Gasteiger partial charge in [-0.1, -0.05) is 11.6 Å². The molecule has 0 spiro atoms. The third-order valence-electron chi connectivity index (χ3n) is 2.77. The molecule has 18 heavy (non-hydrogen) atoms. The van der Waals surface area contributed by atoms with Crippen molar-refractivity contribution in [2.45, 2.75) is 13.3 Å². The van der Waals surface area contributed by atoms with E-state index in [2.05, 4.69) is 0 Å². The molecule has 94 valence electrons. The van der Waals surface area contributed by atoms with Gasteiger partial charge in [0.05, 0.1) is 12.1 Å². The fourth-order valence-electron chi connectivity index (χ4n) is 1.78. The lowest BCUT2D eigenvalue weighted by molar-refractivity contribution is 0.109. The summed E-state index contributed by atoms with van der Waals surface area (Å²) in [6, 6.07) is 7.20. The predicted molar refractivity (Wildman–Crippen MR) is 69.6 cm³/mol. The summed E-state index contributed by atoms with van der Waals surface area (Å²) in [4.78, 5) is 10.5. The zero-order valence-corrected chi connectivity index (χ0v) is 11.0. The van der Waals surface area contributed by atoms with E-state index in [4.69, 9.17) is 20.8 Å². The highest BCUT2D eigenvalue weighted by molar-refractivity contribution is 6.32. The zero-order chi connectivity index (χ0) is 13.1. The molecule has 1 heterocycles. The lowest BCUT2D eigenvalue weighted by atomic mass is 10.0. The molecule has 1 aromatic heterocycles. The first-order valence-electron chi connectivity index (χ1n) is 5.51. The molecule has 0 aliphatic rings. The number of methoxy groups -OCH3 is 1. The first kappa shape index (κ1) is 12.7. The Morgan fingerprint density at radius 1 is 1.39 bits per heavy atom. The SMILES string of the molecule is COc1cc(C)c(Cc2ccc(C=O)o2)cc1Cl. The number of halogens is 1. The molecule has 0 radical (unpaired) electrons. The largest absolute Gasteiger partial charge is 0.495 e. The Kier molecular flexibility index (Phi) is 3.72. The number of rotatable bonds is 4. The van der Waals surface area contributed by atoms with Crippen molar-refractivity contribution in [1.29, 1.82) is 0 Å². The minimum atomic E-state index is 0.335. The van der Waals surface area contributed by atoms with Gasteiger partial charge < -0.3 is 9.15 Å². The summed E-state index contributed by atoms with van der Waals surface area (Å²) in [7, 11) is 1.59. The number of aldehydes is 1. The molecule has 0 saturated carbocycles. The van der Waals surface area contributed by atoms with E-state index in [0.29, 0.717) is 29.2 Å². The monoisotopic (exact) mass is 264 g/mol. The topological polar surface area (TPSA) is 39.4 Å². The van der Waals surface area contributed by atoms with E-state index >= 15 is 0 Å². The number of carbonyl (C=O) groups is 1. The summed E-state index contributed by atoms with van der Waals surface area (Å²) in [6.45, 7) is 1.98. The summed E-state index contributed by atoms with van der Waals surface area (Å²) in [5.74, 6) is 1.73. The molecule has 1 aromatic carbocycles. The van der Waals surface area contributed by atoms with Crippen molar-refractivity contribution in [2.24, 2.45) is 0 Å². The van der Waals surface area contributed by atoms with Crippen LogP contribution in [0.25, 0.3) is 0 Å². The van der Waals surface area contributed by atoms with Crippen LogP contribution < -0.4 is 4.74 Å². The van der Waals surface area contributed by atoms with Gasteiger partial charge in [-0.05, 0) is 42.3 Å². The second-order valence-electron chi connectivity index (χ2n) is 4.01. The summed E-state index contributed by atoms with van der Waals surface area (Å²) in [5, 5.41) is 0.570. The maximum absolute atomic E-state index is 10.5. The quantitative estimate of drug-likeness (QED) is 0.791. The first-order chi connectivity index (χ1) is 8.63. The second-order valence-corrected chi connectivity index (χ2v) is 4.42. The number of aryl methyl sites for hydroxylation is 1. The standard InChI is InChI=1S/C14H13ClO3/c1-9-5-14(17-2)13(15)7-10(9)6-11-3-4-12(8-16)18-11/h3-5,7-8H,6H2,1-2H3. The number of carbonyl (C=O) groups excluding carboxylic acids is 1. The van der Waals surface area contributed by atoms with Gasteiger partial charge in [-0.3, -0.25) is 4.79 Å². The smallest absolute Gasteiger partial charge is 0.185 e. The molecule has 2 aromatic rings. The van der Waals surface area contributed by atoms with Crippen molar-refractivity contribution in [1.82, 2.24) is 0 Å². The van der Waals surface area contributed by atoms with E-state index in [1.54, 1.807) is 19.2 Å². The van der Waals surface area contributed by atoms with E-state index in [1.165, 1.54) is 0 Å². The molecular weight excluding hydrogens is 252 g/mol. The number of hydrogen-bond acceptors (Lipinski definition) is 3. The molecule has 0 aliphatic carbocycles. The maximum atomic E-state index is 10.5. The molecular formula is C14H13ClO3. The molecule has 0 aliphatic heterocycles.